The van der Waals surface area contributed by atoms with Crippen LogP contribution < -0.4 is 10.9 Å². The Balaban J connectivity index is 2.08. The van der Waals surface area contributed by atoms with Crippen molar-refractivity contribution < 1.29 is 0 Å². The smallest absolute Gasteiger partial charge is 0.264 e. The molecular formula is C14H19N3O. The number of hydrogen-bond acceptors (Lipinski definition) is 2. The van der Waals surface area contributed by atoms with Crippen molar-refractivity contribution in [1.82, 2.24) is 10.2 Å². The van der Waals surface area contributed by atoms with Gasteiger partial charge in [0.25, 0.3) is 5.56 Å². The summed E-state index contributed by atoms with van der Waals surface area (Å²) in [5.41, 5.74) is 3.04. The van der Waals surface area contributed by atoms with Gasteiger partial charge in [0.2, 0.25) is 0 Å². The van der Waals surface area contributed by atoms with E-state index in [0.717, 1.165) is 23.5 Å². The highest BCUT2D eigenvalue weighted by atomic mass is 16.1. The van der Waals surface area contributed by atoms with Crippen molar-refractivity contribution in [2.24, 2.45) is 5.41 Å². The van der Waals surface area contributed by atoms with Crippen LogP contribution in [0.15, 0.2) is 35.1 Å². The van der Waals surface area contributed by atoms with Gasteiger partial charge < -0.3 is 5.32 Å². The molecule has 0 aliphatic heterocycles. The fraction of sp³-hybridized carbons (Fsp3) is 0.357. The summed E-state index contributed by atoms with van der Waals surface area (Å²) in [5, 5.41) is 8.76. The summed E-state index contributed by atoms with van der Waals surface area (Å²) in [5.74, 6) is 0. The van der Waals surface area contributed by atoms with Crippen LogP contribution in [0.4, 0.5) is 5.69 Å². The van der Waals surface area contributed by atoms with Gasteiger partial charge in [-0.1, -0.05) is 32.9 Å². The highest BCUT2D eigenvalue weighted by Crippen LogP contribution is 2.19. The minimum Gasteiger partial charge on any atom is -0.385 e. The SMILES string of the molecule is CC(C)(C)CNc1ccc(-c2cc(=O)[nH][nH]2)cc1. The molecule has 0 amide bonds. The predicted molar refractivity (Wildman–Crippen MR) is 74.8 cm³/mol. The van der Waals surface area contributed by atoms with Crippen LogP contribution in [-0.2, 0) is 0 Å². The van der Waals surface area contributed by atoms with E-state index in [1.165, 1.54) is 0 Å². The molecule has 0 saturated heterocycles. The zero-order valence-corrected chi connectivity index (χ0v) is 11.0. The summed E-state index contributed by atoms with van der Waals surface area (Å²) in [7, 11) is 0. The summed E-state index contributed by atoms with van der Waals surface area (Å²) < 4.78 is 0. The lowest BCUT2D eigenvalue weighted by atomic mass is 9.97. The van der Waals surface area contributed by atoms with E-state index in [-0.39, 0.29) is 11.0 Å². The second-order valence-corrected chi connectivity index (χ2v) is 5.66. The molecule has 3 N–H and O–H groups in total. The molecule has 2 rings (SSSR count). The van der Waals surface area contributed by atoms with Gasteiger partial charge >= 0.3 is 0 Å². The Labute approximate surface area is 106 Å². The zero-order chi connectivity index (χ0) is 13.2. The number of aromatic amines is 2. The highest BCUT2D eigenvalue weighted by Gasteiger charge is 2.09. The molecule has 0 bridgehead atoms. The summed E-state index contributed by atoms with van der Waals surface area (Å²) in [6.07, 6.45) is 0. The van der Waals surface area contributed by atoms with E-state index in [0.29, 0.717) is 0 Å². The molecule has 2 aromatic rings. The number of hydrogen-bond donors (Lipinski definition) is 3. The number of rotatable bonds is 3. The second kappa shape index (κ2) is 4.72. The fourth-order valence-corrected chi connectivity index (χ4v) is 1.62. The molecule has 0 atom stereocenters. The van der Waals surface area contributed by atoms with Crippen LogP contribution in [0.3, 0.4) is 0 Å². The van der Waals surface area contributed by atoms with E-state index in [1.807, 2.05) is 24.3 Å². The van der Waals surface area contributed by atoms with Crippen LogP contribution in [-0.4, -0.2) is 16.7 Å². The quantitative estimate of drug-likeness (QED) is 0.778. The van der Waals surface area contributed by atoms with Gasteiger partial charge in [-0.2, -0.15) is 0 Å². The molecule has 4 heteroatoms. The molecule has 96 valence electrons. The second-order valence-electron chi connectivity index (χ2n) is 5.66. The Bertz CT molecular complexity index is 558. The first-order valence-electron chi connectivity index (χ1n) is 6.06. The zero-order valence-electron chi connectivity index (χ0n) is 11.0. The molecular weight excluding hydrogens is 226 g/mol. The summed E-state index contributed by atoms with van der Waals surface area (Å²) in [4.78, 5) is 11.0. The minimum atomic E-state index is -0.111. The summed E-state index contributed by atoms with van der Waals surface area (Å²) in [6, 6.07) is 9.57. The van der Waals surface area contributed by atoms with Gasteiger partial charge in [0.1, 0.15) is 0 Å². The maximum absolute atomic E-state index is 11.0. The Morgan fingerprint density at radius 1 is 1.11 bits per heavy atom. The van der Waals surface area contributed by atoms with Crippen LogP contribution in [0.2, 0.25) is 0 Å². The monoisotopic (exact) mass is 245 g/mol. The number of H-pyrrole nitrogens is 2. The van der Waals surface area contributed by atoms with Crippen molar-refractivity contribution in [2.45, 2.75) is 20.8 Å². The highest BCUT2D eigenvalue weighted by molar-refractivity contribution is 5.62. The van der Waals surface area contributed by atoms with Gasteiger partial charge in [0.05, 0.1) is 5.69 Å². The average molecular weight is 245 g/mol. The first-order valence-corrected chi connectivity index (χ1v) is 6.06. The van der Waals surface area contributed by atoms with Gasteiger partial charge in [-0.25, -0.2) is 0 Å². The van der Waals surface area contributed by atoms with Crippen LogP contribution in [0, 0.1) is 5.41 Å². The lowest BCUT2D eigenvalue weighted by Crippen LogP contribution is -2.18. The molecule has 0 saturated carbocycles. The third-order valence-electron chi connectivity index (χ3n) is 2.61. The Hall–Kier alpha value is -1.97. The molecule has 1 heterocycles. The molecule has 0 spiro atoms. The van der Waals surface area contributed by atoms with Crippen molar-refractivity contribution in [3.8, 4) is 11.3 Å². The normalized spacial score (nSPS) is 11.5. The molecule has 0 aliphatic rings. The maximum Gasteiger partial charge on any atom is 0.264 e. The van der Waals surface area contributed by atoms with Crippen LogP contribution >= 0.6 is 0 Å². The molecule has 0 unspecified atom stereocenters. The number of nitrogens with one attached hydrogen (secondary N) is 3. The molecule has 1 aromatic heterocycles. The van der Waals surface area contributed by atoms with Crippen LogP contribution in [0.25, 0.3) is 11.3 Å². The molecule has 18 heavy (non-hydrogen) atoms. The first-order chi connectivity index (χ1) is 8.44. The van der Waals surface area contributed by atoms with Crippen molar-refractivity contribution in [3.63, 3.8) is 0 Å². The lowest BCUT2D eigenvalue weighted by Gasteiger charge is -2.19. The van der Waals surface area contributed by atoms with Gasteiger partial charge in [0, 0.05) is 18.3 Å². The van der Waals surface area contributed by atoms with Gasteiger partial charge in [-0.3, -0.25) is 15.0 Å². The Morgan fingerprint density at radius 2 is 1.78 bits per heavy atom. The topological polar surface area (TPSA) is 60.7 Å². The maximum atomic E-state index is 11.0. The third-order valence-corrected chi connectivity index (χ3v) is 2.61. The van der Waals surface area contributed by atoms with Crippen molar-refractivity contribution in [3.05, 3.63) is 40.7 Å². The van der Waals surface area contributed by atoms with E-state index in [4.69, 9.17) is 0 Å². The van der Waals surface area contributed by atoms with Crippen LogP contribution in [0.5, 0.6) is 0 Å². The molecule has 1 aromatic carbocycles. The van der Waals surface area contributed by atoms with E-state index in [9.17, 15) is 4.79 Å². The average Bonchev–Trinajstić information content (AvgIpc) is 2.73. The molecule has 0 aliphatic carbocycles. The number of aromatic nitrogens is 2. The van der Waals surface area contributed by atoms with Gasteiger partial charge in [-0.15, -0.1) is 0 Å². The molecule has 0 fully saturated rings. The molecule has 4 nitrogen and oxygen atoms in total. The van der Waals surface area contributed by atoms with Crippen molar-refractivity contribution in [2.75, 3.05) is 11.9 Å². The largest absolute Gasteiger partial charge is 0.385 e. The summed E-state index contributed by atoms with van der Waals surface area (Å²) >= 11 is 0. The Morgan fingerprint density at radius 3 is 2.28 bits per heavy atom. The van der Waals surface area contributed by atoms with E-state index < -0.39 is 0 Å². The number of benzene rings is 1. The lowest BCUT2D eigenvalue weighted by molar-refractivity contribution is 0.443. The third kappa shape index (κ3) is 3.26. The van der Waals surface area contributed by atoms with E-state index in [2.05, 4.69) is 36.3 Å². The number of anilines is 1. The van der Waals surface area contributed by atoms with Crippen molar-refractivity contribution in [1.29, 1.82) is 0 Å². The standard InChI is InChI=1S/C14H19N3O/c1-14(2,3)9-15-11-6-4-10(5-7-11)12-8-13(18)17-16-12/h4-8,15H,9H2,1-3H3,(H2,16,17,18). The molecule has 0 radical (unpaired) electrons. The van der Waals surface area contributed by atoms with E-state index in [1.54, 1.807) is 6.07 Å². The van der Waals surface area contributed by atoms with E-state index >= 15 is 0 Å². The Kier molecular flexibility index (Phi) is 3.28. The van der Waals surface area contributed by atoms with Gasteiger partial charge in [-0.05, 0) is 23.1 Å². The van der Waals surface area contributed by atoms with Crippen molar-refractivity contribution >= 4 is 5.69 Å². The first kappa shape index (κ1) is 12.5. The van der Waals surface area contributed by atoms with Gasteiger partial charge in [0.15, 0.2) is 0 Å². The fourth-order valence-electron chi connectivity index (χ4n) is 1.62. The minimum absolute atomic E-state index is 0.111. The van der Waals surface area contributed by atoms with Crippen LogP contribution in [0.1, 0.15) is 20.8 Å². The summed E-state index contributed by atoms with van der Waals surface area (Å²) in [6.45, 7) is 7.50. The predicted octanol–water partition coefficient (Wildman–Crippen LogP) is 2.83.